The van der Waals surface area contributed by atoms with Gasteiger partial charge in [0.15, 0.2) is 0 Å². The first-order chi connectivity index (χ1) is 16.5. The maximum atomic E-state index is 6.05. The van der Waals surface area contributed by atoms with Crippen LogP contribution in [0.4, 0.5) is 0 Å². The van der Waals surface area contributed by atoms with Gasteiger partial charge >= 0.3 is 0 Å². The molecular formula is C33H25Cl. The highest BCUT2D eigenvalue weighted by molar-refractivity contribution is 6.30. The topological polar surface area (TPSA) is 0 Å². The van der Waals surface area contributed by atoms with Crippen LogP contribution in [0.15, 0.2) is 115 Å². The number of hydrogen-bond donors (Lipinski definition) is 0. The molecule has 0 spiro atoms. The highest BCUT2D eigenvalue weighted by Gasteiger charge is 2.35. The van der Waals surface area contributed by atoms with Crippen molar-refractivity contribution < 1.29 is 0 Å². The van der Waals surface area contributed by atoms with Gasteiger partial charge in [-0.15, -0.1) is 0 Å². The van der Waals surface area contributed by atoms with Gasteiger partial charge in [0.25, 0.3) is 0 Å². The minimum Gasteiger partial charge on any atom is -0.0843 e. The van der Waals surface area contributed by atoms with Crippen LogP contribution < -0.4 is 0 Å². The van der Waals surface area contributed by atoms with Crippen molar-refractivity contribution in [3.05, 3.63) is 131 Å². The van der Waals surface area contributed by atoms with Gasteiger partial charge in [-0.05, 0) is 79.9 Å². The molecule has 6 rings (SSSR count). The maximum Gasteiger partial charge on any atom is 0.0406 e. The monoisotopic (exact) mass is 456 g/mol. The third-order valence-electron chi connectivity index (χ3n) is 7.18. The second-order valence-corrected chi connectivity index (χ2v) is 10.0. The standard InChI is InChI=1S/C33H25Cl/c1-33(2)31-18-14-26(22-6-4-3-5-7-22)20-29(31)30-21-27(15-19-32(30)33)25-10-8-23(9-11-25)24-12-16-28(34)17-13-24/h3-21H,1-2H3. The maximum absolute atomic E-state index is 6.05. The highest BCUT2D eigenvalue weighted by atomic mass is 35.5. The lowest BCUT2D eigenvalue weighted by Crippen LogP contribution is -2.14. The van der Waals surface area contributed by atoms with Gasteiger partial charge in [0, 0.05) is 10.4 Å². The van der Waals surface area contributed by atoms with Gasteiger partial charge in [0.1, 0.15) is 0 Å². The summed E-state index contributed by atoms with van der Waals surface area (Å²) >= 11 is 6.05. The van der Waals surface area contributed by atoms with Gasteiger partial charge in [-0.3, -0.25) is 0 Å². The fourth-order valence-corrected chi connectivity index (χ4v) is 5.38. The molecular weight excluding hydrogens is 432 g/mol. The Labute approximate surface area is 206 Å². The molecule has 5 aromatic carbocycles. The summed E-state index contributed by atoms with van der Waals surface area (Å²) in [5.41, 5.74) is 12.9. The Hall–Kier alpha value is -3.61. The Morgan fingerprint density at radius 1 is 0.441 bits per heavy atom. The summed E-state index contributed by atoms with van der Waals surface area (Å²) in [6.45, 7) is 4.67. The van der Waals surface area contributed by atoms with Gasteiger partial charge in [-0.1, -0.05) is 116 Å². The van der Waals surface area contributed by atoms with Gasteiger partial charge in [-0.25, -0.2) is 0 Å². The molecule has 164 valence electrons. The van der Waals surface area contributed by atoms with Gasteiger partial charge in [0.2, 0.25) is 0 Å². The first-order valence-electron chi connectivity index (χ1n) is 11.7. The van der Waals surface area contributed by atoms with Crippen molar-refractivity contribution in [3.63, 3.8) is 0 Å². The molecule has 0 saturated heterocycles. The number of fused-ring (bicyclic) bond motifs is 3. The highest BCUT2D eigenvalue weighted by Crippen LogP contribution is 2.50. The van der Waals surface area contributed by atoms with Crippen molar-refractivity contribution in [2.45, 2.75) is 19.3 Å². The molecule has 0 nitrogen and oxygen atoms in total. The average molecular weight is 457 g/mol. The van der Waals surface area contributed by atoms with E-state index < -0.39 is 0 Å². The van der Waals surface area contributed by atoms with Crippen molar-refractivity contribution in [1.29, 1.82) is 0 Å². The fraction of sp³-hybridized carbons (Fsp3) is 0.0909. The smallest absolute Gasteiger partial charge is 0.0406 e. The summed E-state index contributed by atoms with van der Waals surface area (Å²) < 4.78 is 0. The van der Waals surface area contributed by atoms with Crippen LogP contribution in [0, 0.1) is 0 Å². The molecule has 0 amide bonds. The van der Waals surface area contributed by atoms with E-state index in [1.807, 2.05) is 12.1 Å². The van der Waals surface area contributed by atoms with E-state index in [0.29, 0.717) is 0 Å². The third-order valence-corrected chi connectivity index (χ3v) is 7.43. The Bertz CT molecular complexity index is 1490. The van der Waals surface area contributed by atoms with Crippen LogP contribution in [0.3, 0.4) is 0 Å². The van der Waals surface area contributed by atoms with Crippen molar-refractivity contribution in [1.82, 2.24) is 0 Å². The van der Waals surface area contributed by atoms with Crippen molar-refractivity contribution in [2.75, 3.05) is 0 Å². The van der Waals surface area contributed by atoms with Crippen LogP contribution in [-0.4, -0.2) is 0 Å². The normalized spacial score (nSPS) is 13.4. The molecule has 0 unspecified atom stereocenters. The second kappa shape index (κ2) is 8.01. The van der Waals surface area contributed by atoms with Crippen molar-refractivity contribution in [2.24, 2.45) is 0 Å². The van der Waals surface area contributed by atoms with Crippen LogP contribution in [-0.2, 0) is 5.41 Å². The van der Waals surface area contributed by atoms with E-state index in [0.717, 1.165) is 5.02 Å². The van der Waals surface area contributed by atoms with Gasteiger partial charge < -0.3 is 0 Å². The zero-order valence-electron chi connectivity index (χ0n) is 19.3. The molecule has 0 N–H and O–H groups in total. The number of rotatable bonds is 3. The molecule has 0 radical (unpaired) electrons. The first kappa shape index (κ1) is 21.0. The molecule has 0 atom stereocenters. The quantitative estimate of drug-likeness (QED) is 0.253. The molecule has 1 aliphatic carbocycles. The Morgan fingerprint density at radius 3 is 1.32 bits per heavy atom. The lowest BCUT2D eigenvalue weighted by atomic mass is 9.82. The lowest BCUT2D eigenvalue weighted by Gasteiger charge is -2.21. The van der Waals surface area contributed by atoms with Crippen LogP contribution in [0.2, 0.25) is 5.02 Å². The average Bonchev–Trinajstić information content (AvgIpc) is 3.11. The lowest BCUT2D eigenvalue weighted by molar-refractivity contribution is 0.660. The van der Waals surface area contributed by atoms with E-state index in [2.05, 4.69) is 117 Å². The number of hydrogen-bond acceptors (Lipinski definition) is 0. The largest absolute Gasteiger partial charge is 0.0843 e. The molecule has 0 bridgehead atoms. The predicted molar refractivity (Wildman–Crippen MR) is 145 cm³/mol. The number of halogens is 1. The Morgan fingerprint density at radius 2 is 0.824 bits per heavy atom. The van der Waals surface area contributed by atoms with Crippen LogP contribution in [0.25, 0.3) is 44.5 Å². The van der Waals surface area contributed by atoms with Crippen LogP contribution >= 0.6 is 11.6 Å². The predicted octanol–water partition coefficient (Wildman–Crippen LogP) is 9.65. The van der Waals surface area contributed by atoms with E-state index in [1.54, 1.807) is 0 Å². The summed E-state index contributed by atoms with van der Waals surface area (Å²) in [5.74, 6) is 0. The van der Waals surface area contributed by atoms with E-state index in [9.17, 15) is 0 Å². The zero-order chi connectivity index (χ0) is 23.3. The van der Waals surface area contributed by atoms with Crippen LogP contribution in [0.1, 0.15) is 25.0 Å². The molecule has 0 saturated carbocycles. The molecule has 1 aliphatic rings. The van der Waals surface area contributed by atoms with E-state index in [1.165, 1.54) is 55.6 Å². The molecule has 0 fully saturated rings. The van der Waals surface area contributed by atoms with Gasteiger partial charge in [0.05, 0.1) is 0 Å². The molecule has 0 heterocycles. The van der Waals surface area contributed by atoms with Crippen LogP contribution in [0.5, 0.6) is 0 Å². The fourth-order valence-electron chi connectivity index (χ4n) is 5.26. The Balaban J connectivity index is 1.41. The summed E-state index contributed by atoms with van der Waals surface area (Å²) in [5, 5.41) is 0.761. The zero-order valence-corrected chi connectivity index (χ0v) is 20.1. The summed E-state index contributed by atoms with van der Waals surface area (Å²) in [6, 6.07) is 41.4. The molecule has 1 heteroatoms. The van der Waals surface area contributed by atoms with Crippen molar-refractivity contribution in [3.8, 4) is 44.5 Å². The Kier molecular flexibility index (Phi) is 4.94. The van der Waals surface area contributed by atoms with Crippen molar-refractivity contribution >= 4 is 11.6 Å². The van der Waals surface area contributed by atoms with E-state index in [4.69, 9.17) is 11.6 Å². The second-order valence-electron chi connectivity index (χ2n) is 9.60. The number of benzene rings is 5. The van der Waals surface area contributed by atoms with E-state index >= 15 is 0 Å². The SMILES string of the molecule is CC1(C)c2ccc(-c3ccccc3)cc2-c2cc(-c3ccc(-c4ccc(Cl)cc4)cc3)ccc21. The summed E-state index contributed by atoms with van der Waals surface area (Å²) in [4.78, 5) is 0. The molecule has 34 heavy (non-hydrogen) atoms. The third kappa shape index (κ3) is 3.47. The molecule has 0 aromatic heterocycles. The summed E-state index contributed by atoms with van der Waals surface area (Å²) in [6.07, 6.45) is 0. The van der Waals surface area contributed by atoms with E-state index in [-0.39, 0.29) is 5.41 Å². The summed E-state index contributed by atoms with van der Waals surface area (Å²) in [7, 11) is 0. The minimum atomic E-state index is -0.00312. The first-order valence-corrected chi connectivity index (χ1v) is 12.1. The minimum absolute atomic E-state index is 0.00312. The molecule has 5 aromatic rings. The van der Waals surface area contributed by atoms with Gasteiger partial charge in [-0.2, -0.15) is 0 Å². The molecule has 0 aliphatic heterocycles.